The lowest BCUT2D eigenvalue weighted by Crippen LogP contribution is -2.22. The van der Waals surface area contributed by atoms with Gasteiger partial charge in [0.2, 0.25) is 0 Å². The Bertz CT molecular complexity index is 389. The van der Waals surface area contributed by atoms with Crippen molar-refractivity contribution in [3.63, 3.8) is 0 Å². The Morgan fingerprint density at radius 3 is 2.38 bits per heavy atom. The minimum absolute atomic E-state index is 0.517. The van der Waals surface area contributed by atoms with Gasteiger partial charge in [0.1, 0.15) is 0 Å². The Labute approximate surface area is 140 Å². The van der Waals surface area contributed by atoms with Crippen LogP contribution in [0.25, 0.3) is 0 Å². The first kappa shape index (κ1) is 18.7. The molecule has 0 radical (unpaired) electrons. The smallest absolute Gasteiger partial charge is 0.0320 e. The fourth-order valence-electron chi connectivity index (χ4n) is 2.72. The van der Waals surface area contributed by atoms with E-state index >= 15 is 0 Å². The van der Waals surface area contributed by atoms with E-state index in [0.717, 1.165) is 6.54 Å². The third-order valence-electron chi connectivity index (χ3n) is 4.07. The van der Waals surface area contributed by atoms with Gasteiger partial charge in [-0.1, -0.05) is 80.4 Å². The zero-order valence-corrected chi connectivity index (χ0v) is 15.6. The Kier molecular flexibility index (Phi) is 10.0. The van der Waals surface area contributed by atoms with E-state index in [-0.39, 0.29) is 0 Å². The Morgan fingerprint density at radius 2 is 1.71 bits per heavy atom. The van der Waals surface area contributed by atoms with E-state index in [1.54, 1.807) is 0 Å². The summed E-state index contributed by atoms with van der Waals surface area (Å²) in [6, 6.07) is 7.30. The van der Waals surface area contributed by atoms with Crippen molar-refractivity contribution in [1.82, 2.24) is 5.32 Å². The lowest BCUT2D eigenvalue weighted by atomic mass is 9.98. The molecule has 120 valence electrons. The number of aryl methyl sites for hydroxylation is 1. The average Bonchev–Trinajstić information content (AvgIpc) is 2.49. The summed E-state index contributed by atoms with van der Waals surface area (Å²) in [5.41, 5.74) is 2.77. The zero-order valence-electron chi connectivity index (χ0n) is 14.1. The summed E-state index contributed by atoms with van der Waals surface area (Å²) in [4.78, 5) is 0. The summed E-state index contributed by atoms with van der Waals surface area (Å²) in [6.45, 7) is 7.80. The van der Waals surface area contributed by atoms with Crippen molar-refractivity contribution in [3.8, 4) is 0 Å². The lowest BCUT2D eigenvalue weighted by molar-refractivity contribution is 0.466. The molecule has 1 atom stereocenters. The molecule has 0 bridgehead atoms. The van der Waals surface area contributed by atoms with Crippen LogP contribution in [0.1, 0.15) is 82.4 Å². The number of rotatable bonds is 11. The fourth-order valence-corrected chi connectivity index (χ4v) is 2.97. The molecular weight excluding hydrogens is 322 g/mol. The van der Waals surface area contributed by atoms with Crippen LogP contribution in [0.4, 0.5) is 0 Å². The maximum atomic E-state index is 3.72. The van der Waals surface area contributed by atoms with Crippen molar-refractivity contribution in [3.05, 3.63) is 33.8 Å². The predicted molar refractivity (Wildman–Crippen MR) is 97.9 cm³/mol. The third-order valence-corrected chi connectivity index (χ3v) is 4.96. The van der Waals surface area contributed by atoms with Gasteiger partial charge in [0, 0.05) is 10.5 Å². The van der Waals surface area contributed by atoms with Gasteiger partial charge in [-0.05, 0) is 43.5 Å². The summed E-state index contributed by atoms with van der Waals surface area (Å²) in [7, 11) is 0. The summed E-state index contributed by atoms with van der Waals surface area (Å²) in [6.07, 6.45) is 10.7. The van der Waals surface area contributed by atoms with E-state index in [9.17, 15) is 0 Å². The van der Waals surface area contributed by atoms with Crippen LogP contribution in [0.5, 0.6) is 0 Å². The molecule has 1 N–H and O–H groups in total. The highest BCUT2D eigenvalue weighted by atomic mass is 79.9. The van der Waals surface area contributed by atoms with Gasteiger partial charge in [0.25, 0.3) is 0 Å². The van der Waals surface area contributed by atoms with Gasteiger partial charge in [-0.15, -0.1) is 0 Å². The second-order valence-electron chi connectivity index (χ2n) is 6.07. The molecule has 1 rings (SSSR count). The van der Waals surface area contributed by atoms with E-state index in [4.69, 9.17) is 0 Å². The van der Waals surface area contributed by atoms with Crippen molar-refractivity contribution in [2.24, 2.45) is 0 Å². The number of nitrogens with one attached hydrogen (secondary N) is 1. The van der Waals surface area contributed by atoms with Gasteiger partial charge >= 0.3 is 0 Å². The van der Waals surface area contributed by atoms with Gasteiger partial charge < -0.3 is 5.32 Å². The highest BCUT2D eigenvalue weighted by Crippen LogP contribution is 2.25. The van der Waals surface area contributed by atoms with Crippen molar-refractivity contribution < 1.29 is 0 Å². The van der Waals surface area contributed by atoms with Crippen LogP contribution in [-0.4, -0.2) is 6.54 Å². The van der Waals surface area contributed by atoms with Gasteiger partial charge in [-0.3, -0.25) is 0 Å². The summed E-state index contributed by atoms with van der Waals surface area (Å²) in [5.74, 6) is 0. The van der Waals surface area contributed by atoms with Gasteiger partial charge in [-0.25, -0.2) is 0 Å². The molecule has 1 aromatic rings. The lowest BCUT2D eigenvalue weighted by Gasteiger charge is -2.20. The third kappa shape index (κ3) is 7.46. The number of benzene rings is 1. The molecule has 1 aromatic carbocycles. The SMILES string of the molecule is CCCCCCCCC(NCCC)c1ccc(Br)c(C)c1. The van der Waals surface area contributed by atoms with E-state index in [1.165, 1.54) is 67.0 Å². The van der Waals surface area contributed by atoms with Gasteiger partial charge in [-0.2, -0.15) is 0 Å². The maximum Gasteiger partial charge on any atom is 0.0320 e. The molecule has 0 heterocycles. The highest BCUT2D eigenvalue weighted by molar-refractivity contribution is 9.10. The molecule has 0 aliphatic carbocycles. The Morgan fingerprint density at radius 1 is 1.00 bits per heavy atom. The molecule has 0 fully saturated rings. The summed E-state index contributed by atoms with van der Waals surface area (Å²) in [5, 5.41) is 3.72. The summed E-state index contributed by atoms with van der Waals surface area (Å²) < 4.78 is 1.21. The average molecular weight is 354 g/mol. The first-order valence-corrected chi connectivity index (χ1v) is 9.47. The maximum absolute atomic E-state index is 3.72. The number of unbranched alkanes of at least 4 members (excludes halogenated alkanes) is 5. The molecule has 1 nitrogen and oxygen atoms in total. The molecular formula is C19H32BrN. The van der Waals surface area contributed by atoms with Crippen LogP contribution in [0, 0.1) is 6.92 Å². The molecule has 0 aliphatic heterocycles. The van der Waals surface area contributed by atoms with Crippen LogP contribution in [0.15, 0.2) is 22.7 Å². The Balaban J connectivity index is 2.48. The van der Waals surface area contributed by atoms with Crippen molar-refractivity contribution in [2.75, 3.05) is 6.54 Å². The first-order valence-electron chi connectivity index (χ1n) is 8.68. The monoisotopic (exact) mass is 353 g/mol. The molecule has 0 aliphatic rings. The molecule has 0 spiro atoms. The van der Waals surface area contributed by atoms with E-state index < -0.39 is 0 Å². The van der Waals surface area contributed by atoms with Gasteiger partial charge in [0.15, 0.2) is 0 Å². The topological polar surface area (TPSA) is 12.0 Å². The fraction of sp³-hybridized carbons (Fsp3) is 0.684. The molecule has 1 unspecified atom stereocenters. The van der Waals surface area contributed by atoms with Crippen LogP contribution in [0.3, 0.4) is 0 Å². The van der Waals surface area contributed by atoms with Crippen LogP contribution in [-0.2, 0) is 0 Å². The normalized spacial score (nSPS) is 12.6. The van der Waals surface area contributed by atoms with E-state index in [2.05, 4.69) is 60.2 Å². The quantitative estimate of drug-likeness (QED) is 0.444. The Hall–Kier alpha value is -0.340. The number of hydrogen-bond acceptors (Lipinski definition) is 1. The standard InChI is InChI=1S/C19H32BrN/c1-4-6-7-8-9-10-11-19(21-14-5-2)17-12-13-18(20)16(3)15-17/h12-13,15,19,21H,4-11,14H2,1-3H3. The zero-order chi connectivity index (χ0) is 15.5. The predicted octanol–water partition coefficient (Wildman–Crippen LogP) is 6.55. The van der Waals surface area contributed by atoms with Crippen LogP contribution >= 0.6 is 15.9 Å². The van der Waals surface area contributed by atoms with Crippen LogP contribution in [0.2, 0.25) is 0 Å². The van der Waals surface area contributed by atoms with E-state index in [1.807, 2.05) is 0 Å². The highest BCUT2D eigenvalue weighted by Gasteiger charge is 2.11. The van der Waals surface area contributed by atoms with Crippen molar-refractivity contribution >= 4 is 15.9 Å². The summed E-state index contributed by atoms with van der Waals surface area (Å²) >= 11 is 3.60. The second-order valence-corrected chi connectivity index (χ2v) is 6.93. The minimum atomic E-state index is 0.517. The second kappa shape index (κ2) is 11.3. The molecule has 0 saturated heterocycles. The number of hydrogen-bond donors (Lipinski definition) is 1. The van der Waals surface area contributed by atoms with Crippen molar-refractivity contribution in [2.45, 2.75) is 78.2 Å². The number of halogens is 1. The largest absolute Gasteiger partial charge is 0.310 e. The first-order chi connectivity index (χ1) is 10.2. The van der Waals surface area contributed by atoms with E-state index in [0.29, 0.717) is 6.04 Å². The molecule has 0 saturated carbocycles. The molecule has 0 amide bonds. The molecule has 2 heteroatoms. The van der Waals surface area contributed by atoms with Crippen LogP contribution < -0.4 is 5.32 Å². The minimum Gasteiger partial charge on any atom is -0.310 e. The van der Waals surface area contributed by atoms with Gasteiger partial charge in [0.05, 0.1) is 0 Å². The molecule has 21 heavy (non-hydrogen) atoms. The molecule has 0 aromatic heterocycles. The van der Waals surface area contributed by atoms with Crippen molar-refractivity contribution in [1.29, 1.82) is 0 Å².